The van der Waals surface area contributed by atoms with Gasteiger partial charge in [0.15, 0.2) is 0 Å². The zero-order valence-corrected chi connectivity index (χ0v) is 11.4. The molecule has 0 radical (unpaired) electrons. The highest BCUT2D eigenvalue weighted by Crippen LogP contribution is 2.23. The summed E-state index contributed by atoms with van der Waals surface area (Å²) in [6, 6.07) is 2.64. The van der Waals surface area contributed by atoms with Gasteiger partial charge in [-0.2, -0.15) is 0 Å². The van der Waals surface area contributed by atoms with Gasteiger partial charge < -0.3 is 14.4 Å². The number of carbonyl (C=O) groups is 3. The lowest BCUT2D eigenvalue weighted by Crippen LogP contribution is -2.33. The molecular weight excluding hydrogens is 313 g/mol. The van der Waals surface area contributed by atoms with Gasteiger partial charge in [0.2, 0.25) is 0 Å². The third-order valence-corrected chi connectivity index (χ3v) is 3.19. The molecule has 1 aliphatic heterocycles. The number of phenolic OH excluding ortho intramolecular Hbond substituents is 1. The third-order valence-electron chi connectivity index (χ3n) is 3.19. The van der Waals surface area contributed by atoms with Gasteiger partial charge in [-0.15, -0.1) is 5.06 Å². The Labute approximate surface area is 126 Å². The van der Waals surface area contributed by atoms with Crippen molar-refractivity contribution < 1.29 is 33.1 Å². The monoisotopic (exact) mass is 321 g/mol. The van der Waals surface area contributed by atoms with Crippen LogP contribution in [0.2, 0.25) is 0 Å². The SMILES string of the molecule is O=C(ON1C(=O)CCC1=O)c1cc2c(F)cc(O)cc2oc1=O. The van der Waals surface area contributed by atoms with Crippen LogP contribution in [0.3, 0.4) is 0 Å². The molecule has 0 aliphatic carbocycles. The highest BCUT2D eigenvalue weighted by molar-refractivity contribution is 6.03. The quantitative estimate of drug-likeness (QED) is 0.644. The van der Waals surface area contributed by atoms with Crippen molar-refractivity contribution >= 4 is 28.8 Å². The normalized spacial score (nSPS) is 14.6. The van der Waals surface area contributed by atoms with E-state index in [1.165, 1.54) is 0 Å². The summed E-state index contributed by atoms with van der Waals surface area (Å²) in [7, 11) is 0. The fourth-order valence-corrected chi connectivity index (χ4v) is 2.09. The maximum atomic E-state index is 13.8. The van der Waals surface area contributed by atoms with Crippen molar-refractivity contribution in [3.63, 3.8) is 0 Å². The van der Waals surface area contributed by atoms with Crippen LogP contribution in [0.1, 0.15) is 23.2 Å². The van der Waals surface area contributed by atoms with E-state index in [1.54, 1.807) is 0 Å². The minimum absolute atomic E-state index is 0.105. The summed E-state index contributed by atoms with van der Waals surface area (Å²) in [5.41, 5.74) is -2.11. The Morgan fingerprint density at radius 1 is 1.17 bits per heavy atom. The Hall–Kier alpha value is -3.23. The minimum Gasteiger partial charge on any atom is -0.508 e. The van der Waals surface area contributed by atoms with Crippen LogP contribution < -0.4 is 5.63 Å². The molecule has 8 nitrogen and oxygen atoms in total. The zero-order chi connectivity index (χ0) is 16.7. The van der Waals surface area contributed by atoms with Crippen molar-refractivity contribution in [1.82, 2.24) is 5.06 Å². The number of amides is 2. The summed E-state index contributed by atoms with van der Waals surface area (Å²) in [5.74, 6) is -4.14. The van der Waals surface area contributed by atoms with E-state index in [4.69, 9.17) is 4.42 Å². The van der Waals surface area contributed by atoms with Gasteiger partial charge in [-0.05, 0) is 6.07 Å². The van der Waals surface area contributed by atoms with Crippen LogP contribution >= 0.6 is 0 Å². The first-order chi connectivity index (χ1) is 10.9. The van der Waals surface area contributed by atoms with E-state index < -0.39 is 40.5 Å². The van der Waals surface area contributed by atoms with Crippen molar-refractivity contribution in [2.45, 2.75) is 12.8 Å². The molecule has 1 aliphatic rings. The number of phenols is 1. The second kappa shape index (κ2) is 5.20. The molecule has 1 aromatic carbocycles. The molecular formula is C14H8FNO7. The van der Waals surface area contributed by atoms with Gasteiger partial charge in [0.1, 0.15) is 22.7 Å². The van der Waals surface area contributed by atoms with Crippen LogP contribution in [-0.4, -0.2) is 28.0 Å². The van der Waals surface area contributed by atoms with Crippen LogP contribution in [0, 0.1) is 5.82 Å². The average Bonchev–Trinajstić information content (AvgIpc) is 2.78. The van der Waals surface area contributed by atoms with Crippen LogP contribution in [0.25, 0.3) is 11.0 Å². The predicted octanol–water partition coefficient (Wildman–Crippen LogP) is 0.858. The molecule has 2 heterocycles. The lowest BCUT2D eigenvalue weighted by Gasteiger charge is -2.12. The third kappa shape index (κ3) is 2.52. The fourth-order valence-electron chi connectivity index (χ4n) is 2.09. The smallest absolute Gasteiger partial charge is 0.371 e. The number of benzene rings is 1. The number of aromatic hydroxyl groups is 1. The summed E-state index contributed by atoms with van der Waals surface area (Å²) in [6.45, 7) is 0. The number of hydrogen-bond donors (Lipinski definition) is 1. The Bertz CT molecular complexity index is 901. The molecule has 23 heavy (non-hydrogen) atoms. The maximum Gasteiger partial charge on any atom is 0.371 e. The second-order valence-electron chi connectivity index (χ2n) is 4.75. The summed E-state index contributed by atoms with van der Waals surface area (Å²) in [6.07, 6.45) is -0.210. The Morgan fingerprint density at radius 2 is 1.83 bits per heavy atom. The summed E-state index contributed by atoms with van der Waals surface area (Å²) in [5, 5.41) is 9.27. The molecule has 2 aromatic rings. The van der Waals surface area contributed by atoms with Gasteiger partial charge in [-0.1, -0.05) is 0 Å². The second-order valence-corrected chi connectivity index (χ2v) is 4.75. The zero-order valence-electron chi connectivity index (χ0n) is 11.4. The van der Waals surface area contributed by atoms with Crippen molar-refractivity contribution in [2.24, 2.45) is 0 Å². The summed E-state index contributed by atoms with van der Waals surface area (Å²) in [4.78, 5) is 51.0. The predicted molar refractivity (Wildman–Crippen MR) is 70.6 cm³/mol. The van der Waals surface area contributed by atoms with Gasteiger partial charge in [0.25, 0.3) is 11.8 Å². The van der Waals surface area contributed by atoms with Gasteiger partial charge in [0.05, 0.1) is 5.39 Å². The lowest BCUT2D eigenvalue weighted by molar-refractivity contribution is -0.172. The van der Waals surface area contributed by atoms with Gasteiger partial charge in [-0.3, -0.25) is 9.59 Å². The van der Waals surface area contributed by atoms with Gasteiger partial charge in [0, 0.05) is 25.0 Å². The van der Waals surface area contributed by atoms with E-state index in [-0.39, 0.29) is 28.9 Å². The van der Waals surface area contributed by atoms with E-state index in [9.17, 15) is 28.7 Å². The molecule has 2 amide bonds. The number of hydroxylamine groups is 2. The molecule has 1 N–H and O–H groups in total. The highest BCUT2D eigenvalue weighted by Gasteiger charge is 2.34. The number of rotatable bonds is 2. The largest absolute Gasteiger partial charge is 0.508 e. The van der Waals surface area contributed by atoms with Crippen molar-refractivity contribution in [2.75, 3.05) is 0 Å². The molecule has 0 saturated carbocycles. The first-order valence-corrected chi connectivity index (χ1v) is 6.41. The van der Waals surface area contributed by atoms with E-state index in [1.807, 2.05) is 0 Å². The molecule has 1 fully saturated rings. The molecule has 0 atom stereocenters. The van der Waals surface area contributed by atoms with Crippen LogP contribution in [0.4, 0.5) is 4.39 Å². The highest BCUT2D eigenvalue weighted by atomic mass is 19.1. The molecule has 0 unspecified atom stereocenters. The average molecular weight is 321 g/mol. The Morgan fingerprint density at radius 3 is 2.48 bits per heavy atom. The van der Waals surface area contributed by atoms with E-state index in [0.29, 0.717) is 0 Å². The van der Waals surface area contributed by atoms with Crippen LogP contribution in [0.5, 0.6) is 5.75 Å². The van der Waals surface area contributed by atoms with Gasteiger partial charge in [-0.25, -0.2) is 14.0 Å². The molecule has 0 bridgehead atoms. The fraction of sp³-hybridized carbons (Fsp3) is 0.143. The van der Waals surface area contributed by atoms with E-state index in [2.05, 4.69) is 4.84 Å². The van der Waals surface area contributed by atoms with E-state index in [0.717, 1.165) is 18.2 Å². The number of nitrogens with zero attached hydrogens (tertiary/aromatic N) is 1. The van der Waals surface area contributed by atoms with E-state index >= 15 is 0 Å². The minimum atomic E-state index is -1.32. The van der Waals surface area contributed by atoms with Crippen molar-refractivity contribution in [3.05, 3.63) is 40.0 Å². The molecule has 3 rings (SSSR count). The Balaban J connectivity index is 2.01. The molecule has 0 spiro atoms. The van der Waals surface area contributed by atoms with Crippen LogP contribution in [0.15, 0.2) is 27.4 Å². The molecule has 118 valence electrons. The van der Waals surface area contributed by atoms with Gasteiger partial charge >= 0.3 is 11.6 Å². The molecule has 1 aromatic heterocycles. The topological polar surface area (TPSA) is 114 Å². The summed E-state index contributed by atoms with van der Waals surface area (Å²) < 4.78 is 18.5. The number of fused-ring (bicyclic) bond motifs is 1. The first-order valence-electron chi connectivity index (χ1n) is 6.41. The number of hydrogen-bond acceptors (Lipinski definition) is 7. The van der Waals surface area contributed by atoms with Crippen LogP contribution in [-0.2, 0) is 14.4 Å². The standard InChI is InChI=1S/C14H8FNO7/c15-9-3-6(17)4-10-7(9)5-8(13(20)22-10)14(21)23-16-11(18)1-2-12(16)19/h3-5,17H,1-2H2. The van der Waals surface area contributed by atoms with Crippen molar-refractivity contribution in [3.8, 4) is 5.75 Å². The Kier molecular flexibility index (Phi) is 3.32. The molecule has 1 saturated heterocycles. The number of imide groups is 1. The maximum absolute atomic E-state index is 13.8. The summed E-state index contributed by atoms with van der Waals surface area (Å²) >= 11 is 0. The lowest BCUT2D eigenvalue weighted by atomic mass is 10.1. The molecule has 9 heteroatoms. The first kappa shape index (κ1) is 14.7. The number of halogens is 1. The number of carbonyl (C=O) groups excluding carboxylic acids is 3. The van der Waals surface area contributed by atoms with Crippen molar-refractivity contribution in [1.29, 1.82) is 0 Å².